The molecule has 0 aromatic carbocycles. The predicted octanol–water partition coefficient (Wildman–Crippen LogP) is 2.11. The molecule has 0 saturated carbocycles. The largest absolute Gasteiger partial charge is 0.338 e. The van der Waals surface area contributed by atoms with Gasteiger partial charge in [-0.1, -0.05) is 13.3 Å². The van der Waals surface area contributed by atoms with Gasteiger partial charge in [0.2, 0.25) is 0 Å². The second-order valence-electron chi connectivity index (χ2n) is 3.35. The highest BCUT2D eigenvalue weighted by molar-refractivity contribution is 9.12. The van der Waals surface area contributed by atoms with Gasteiger partial charge in [-0.25, -0.2) is 4.31 Å². The van der Waals surface area contributed by atoms with Gasteiger partial charge in [0.05, 0.1) is 21.8 Å². The fourth-order valence-electron chi connectivity index (χ4n) is 1.22. The number of carbonyl (C=O) groups is 1. The Balaban J connectivity index is 3.15. The molecule has 0 aliphatic carbocycles. The van der Waals surface area contributed by atoms with Crippen LogP contribution in [0.1, 0.15) is 26.7 Å². The fraction of sp³-hybridized carbons (Fsp3) is 0.625. The van der Waals surface area contributed by atoms with Crippen molar-refractivity contribution in [3.8, 4) is 0 Å². The summed E-state index contributed by atoms with van der Waals surface area (Å²) in [6, 6.07) is 0. The number of nitrogens with zero attached hydrogens (tertiary/aromatic N) is 2. The number of rotatable bonds is 3. The lowest BCUT2D eigenvalue weighted by atomic mass is 10.3. The molecule has 0 spiro atoms. The second-order valence-corrected chi connectivity index (χ2v) is 7.03. The highest BCUT2D eigenvalue weighted by Gasteiger charge is 2.39. The number of amides is 1. The van der Waals surface area contributed by atoms with Crippen molar-refractivity contribution in [1.82, 2.24) is 7.64 Å². The van der Waals surface area contributed by atoms with Crippen LogP contribution in [0.4, 0.5) is 0 Å². The molecule has 16 heavy (non-hydrogen) atoms. The molecule has 92 valence electrons. The molecule has 0 fully saturated rings. The molecule has 1 heterocycles. The smallest absolute Gasteiger partial charge is 0.267 e. The number of hydrogen-bond acceptors (Lipinski definition) is 3. The molecule has 0 atom stereocenters. The van der Waals surface area contributed by atoms with Crippen LogP contribution in [0.3, 0.4) is 0 Å². The fourth-order valence-corrected chi connectivity index (χ4v) is 4.01. The van der Waals surface area contributed by atoms with Crippen molar-refractivity contribution in [2.45, 2.75) is 26.7 Å². The van der Waals surface area contributed by atoms with Gasteiger partial charge >= 0.3 is 10.2 Å². The molecule has 0 N–H and O–H groups in total. The average molecular weight is 376 g/mol. The Morgan fingerprint density at radius 3 is 2.44 bits per heavy atom. The quantitative estimate of drug-likeness (QED) is 0.710. The van der Waals surface area contributed by atoms with E-state index in [1.54, 1.807) is 6.92 Å². The number of halogens is 2. The van der Waals surface area contributed by atoms with E-state index in [2.05, 4.69) is 32.1 Å². The summed E-state index contributed by atoms with van der Waals surface area (Å²) in [7, 11) is -3.76. The number of hydrogen-bond donors (Lipinski definition) is 0. The van der Waals surface area contributed by atoms with Crippen molar-refractivity contribution < 1.29 is 13.2 Å². The Bertz CT molecular complexity index is 433. The number of unbranched alkanes of at least 4 members (excludes halogenated alkanes) is 1. The lowest BCUT2D eigenvalue weighted by molar-refractivity contribution is -0.122. The molecule has 0 saturated heterocycles. The summed E-state index contributed by atoms with van der Waals surface area (Å²) in [5.74, 6) is -0.512. The van der Waals surface area contributed by atoms with Gasteiger partial charge in [0.15, 0.2) is 0 Å². The molecular weight excluding hydrogens is 364 g/mol. The average Bonchev–Trinajstić information content (AvgIpc) is 2.24. The molecular formula is C8H12Br2N2O3S. The third-order valence-corrected chi connectivity index (χ3v) is 6.32. The standard InChI is InChI=1S/C8H12Br2N2O3S/c1-3-4-5-11-8(13)7(9)6(2)12(10)16(11,14)15/h3-5H2,1-2H3. The number of carbonyl (C=O) groups excluding carboxylic acids is 1. The number of allylic oxidation sites excluding steroid dienone is 1. The molecule has 1 aliphatic heterocycles. The lowest BCUT2D eigenvalue weighted by Gasteiger charge is -2.32. The maximum absolute atomic E-state index is 11.9. The van der Waals surface area contributed by atoms with Gasteiger partial charge in [-0.3, -0.25) is 4.79 Å². The maximum Gasteiger partial charge on any atom is 0.338 e. The normalized spacial score (nSPS) is 20.6. The monoisotopic (exact) mass is 374 g/mol. The summed E-state index contributed by atoms with van der Waals surface area (Å²) in [5, 5.41) is 0. The van der Waals surface area contributed by atoms with Gasteiger partial charge < -0.3 is 0 Å². The van der Waals surface area contributed by atoms with E-state index in [4.69, 9.17) is 0 Å². The first-order valence-electron chi connectivity index (χ1n) is 4.73. The third kappa shape index (κ3) is 2.28. The summed E-state index contributed by atoms with van der Waals surface area (Å²) in [6.45, 7) is 3.68. The van der Waals surface area contributed by atoms with E-state index < -0.39 is 16.1 Å². The van der Waals surface area contributed by atoms with Crippen LogP contribution >= 0.6 is 32.1 Å². The molecule has 8 heteroatoms. The summed E-state index contributed by atoms with van der Waals surface area (Å²) in [4.78, 5) is 11.8. The van der Waals surface area contributed by atoms with Gasteiger partial charge in [0.1, 0.15) is 4.48 Å². The third-order valence-electron chi connectivity index (χ3n) is 2.19. The minimum Gasteiger partial charge on any atom is -0.267 e. The van der Waals surface area contributed by atoms with E-state index in [9.17, 15) is 13.2 Å². The second kappa shape index (κ2) is 5.05. The van der Waals surface area contributed by atoms with Crippen LogP contribution in [0, 0.1) is 0 Å². The summed E-state index contributed by atoms with van der Waals surface area (Å²) in [5.41, 5.74) is 0.331. The van der Waals surface area contributed by atoms with E-state index in [0.29, 0.717) is 12.1 Å². The highest BCUT2D eigenvalue weighted by Crippen LogP contribution is 2.32. The summed E-state index contributed by atoms with van der Waals surface area (Å²) in [6.07, 6.45) is 1.47. The zero-order chi connectivity index (χ0) is 12.5. The van der Waals surface area contributed by atoms with Crippen LogP contribution in [0.25, 0.3) is 0 Å². The van der Waals surface area contributed by atoms with Gasteiger partial charge in [-0.05, 0) is 29.3 Å². The highest BCUT2D eigenvalue weighted by atomic mass is 79.9. The van der Waals surface area contributed by atoms with E-state index in [1.165, 1.54) is 0 Å². The van der Waals surface area contributed by atoms with Gasteiger partial charge in [0.25, 0.3) is 5.91 Å². The first-order valence-corrected chi connectivity index (χ1v) is 7.63. The Morgan fingerprint density at radius 2 is 1.94 bits per heavy atom. The van der Waals surface area contributed by atoms with Crippen LogP contribution in [-0.2, 0) is 15.0 Å². The van der Waals surface area contributed by atoms with Crippen molar-refractivity contribution in [2.24, 2.45) is 0 Å². The summed E-state index contributed by atoms with van der Waals surface area (Å²) >= 11 is 6.03. The molecule has 5 nitrogen and oxygen atoms in total. The SMILES string of the molecule is CCCCN1C(=O)C(Br)=C(C)N(Br)S1(=O)=O. The minimum absolute atomic E-state index is 0.197. The van der Waals surface area contributed by atoms with Crippen LogP contribution in [0.5, 0.6) is 0 Å². The van der Waals surface area contributed by atoms with Crippen LogP contribution in [0.2, 0.25) is 0 Å². The first kappa shape index (κ1) is 14.0. The van der Waals surface area contributed by atoms with E-state index in [1.807, 2.05) is 6.92 Å². The molecule has 0 unspecified atom stereocenters. The molecule has 0 radical (unpaired) electrons. The van der Waals surface area contributed by atoms with Crippen LogP contribution in [-0.4, -0.2) is 28.5 Å². The van der Waals surface area contributed by atoms with Gasteiger partial charge in [-0.15, -0.1) is 0 Å². The molecule has 0 bridgehead atoms. The zero-order valence-corrected chi connectivity index (χ0v) is 12.9. The first-order chi connectivity index (χ1) is 7.34. The Morgan fingerprint density at radius 1 is 1.38 bits per heavy atom. The Hall–Kier alpha value is -0.0800. The zero-order valence-electron chi connectivity index (χ0n) is 8.90. The van der Waals surface area contributed by atoms with E-state index >= 15 is 0 Å². The predicted molar refractivity (Wildman–Crippen MR) is 67.9 cm³/mol. The topological polar surface area (TPSA) is 57.7 Å². The molecule has 0 aromatic rings. The molecule has 1 amide bonds. The van der Waals surface area contributed by atoms with E-state index in [-0.39, 0.29) is 11.0 Å². The Labute approximate surface area is 112 Å². The molecule has 1 rings (SSSR count). The lowest BCUT2D eigenvalue weighted by Crippen LogP contribution is -2.47. The van der Waals surface area contributed by atoms with Crippen molar-refractivity contribution in [3.05, 3.63) is 10.2 Å². The van der Waals surface area contributed by atoms with Crippen molar-refractivity contribution in [2.75, 3.05) is 6.54 Å². The summed E-state index contributed by atoms with van der Waals surface area (Å²) < 4.78 is 25.9. The van der Waals surface area contributed by atoms with Crippen LogP contribution in [0.15, 0.2) is 10.2 Å². The molecule has 0 aromatic heterocycles. The maximum atomic E-state index is 11.9. The van der Waals surface area contributed by atoms with Gasteiger partial charge in [-0.2, -0.15) is 11.7 Å². The molecule has 1 aliphatic rings. The van der Waals surface area contributed by atoms with Gasteiger partial charge in [0, 0.05) is 6.54 Å². The van der Waals surface area contributed by atoms with E-state index in [0.717, 1.165) is 14.1 Å². The van der Waals surface area contributed by atoms with Crippen molar-refractivity contribution in [1.29, 1.82) is 0 Å². The van der Waals surface area contributed by atoms with Crippen molar-refractivity contribution in [3.63, 3.8) is 0 Å². The van der Waals surface area contributed by atoms with Crippen molar-refractivity contribution >= 4 is 48.2 Å². The Kier molecular flexibility index (Phi) is 4.42. The minimum atomic E-state index is -3.76. The van der Waals surface area contributed by atoms with Crippen LogP contribution < -0.4 is 0 Å².